The van der Waals surface area contributed by atoms with Gasteiger partial charge >= 0.3 is 18.2 Å². The molecule has 1 aliphatic rings. The highest BCUT2D eigenvalue weighted by atomic mass is 19.4. The molecule has 0 aliphatic carbocycles. The second kappa shape index (κ2) is 7.32. The molecule has 1 fully saturated rings. The third-order valence-electron chi connectivity index (χ3n) is 2.78. The fraction of sp³-hybridized carbons (Fsp3) is 0.818. The Bertz CT molecular complexity index is 343. The van der Waals surface area contributed by atoms with E-state index in [2.05, 4.69) is 5.32 Å². The summed E-state index contributed by atoms with van der Waals surface area (Å²) in [6.45, 7) is -1.33. The zero-order valence-electron chi connectivity index (χ0n) is 10.8. The second-order valence-corrected chi connectivity index (χ2v) is 4.63. The van der Waals surface area contributed by atoms with Crippen LogP contribution < -0.4 is 5.32 Å². The van der Waals surface area contributed by atoms with Gasteiger partial charge in [0.15, 0.2) is 0 Å². The molecule has 0 spiro atoms. The number of amides is 2. The first-order chi connectivity index (χ1) is 9.28. The fourth-order valence-electron chi connectivity index (χ4n) is 1.89. The van der Waals surface area contributed by atoms with Crippen molar-refractivity contribution < 1.29 is 32.6 Å². The van der Waals surface area contributed by atoms with Crippen LogP contribution in [0, 0.1) is 5.92 Å². The molecule has 1 aliphatic heterocycles. The van der Waals surface area contributed by atoms with Gasteiger partial charge in [0.1, 0.15) is 13.1 Å². The van der Waals surface area contributed by atoms with Crippen molar-refractivity contribution >= 4 is 12.0 Å². The van der Waals surface area contributed by atoms with Crippen LogP contribution in [0.3, 0.4) is 0 Å². The average Bonchev–Trinajstić information content (AvgIpc) is 2.34. The molecule has 1 unspecified atom stereocenters. The lowest BCUT2D eigenvalue weighted by Gasteiger charge is -2.26. The van der Waals surface area contributed by atoms with Crippen molar-refractivity contribution in [2.45, 2.75) is 19.0 Å². The third-order valence-corrected chi connectivity index (χ3v) is 2.78. The molecule has 20 heavy (non-hydrogen) atoms. The topological polar surface area (TPSA) is 78.9 Å². The van der Waals surface area contributed by atoms with Crippen LogP contribution in [0.4, 0.5) is 18.0 Å². The fourth-order valence-corrected chi connectivity index (χ4v) is 1.89. The Kier molecular flexibility index (Phi) is 6.05. The maximum atomic E-state index is 12.3. The highest BCUT2D eigenvalue weighted by molar-refractivity contribution is 5.80. The number of halogens is 3. The lowest BCUT2D eigenvalue weighted by Crippen LogP contribution is -2.48. The van der Waals surface area contributed by atoms with Crippen LogP contribution in [-0.4, -0.2) is 61.0 Å². The number of carboxylic acids is 1. The number of rotatable bonds is 5. The summed E-state index contributed by atoms with van der Waals surface area (Å²) < 4.78 is 42.0. The monoisotopic (exact) mass is 298 g/mol. The second-order valence-electron chi connectivity index (χ2n) is 4.63. The van der Waals surface area contributed by atoms with Crippen LogP contribution in [-0.2, 0) is 9.53 Å². The number of nitrogens with zero attached hydrogens (tertiary/aromatic N) is 1. The van der Waals surface area contributed by atoms with Crippen molar-refractivity contribution in [2.24, 2.45) is 5.92 Å². The Labute approximate surface area is 113 Å². The smallest absolute Gasteiger partial charge is 0.406 e. The minimum absolute atomic E-state index is 0.0465. The maximum Gasteiger partial charge on any atom is 0.406 e. The van der Waals surface area contributed by atoms with Crippen LogP contribution in [0.15, 0.2) is 0 Å². The number of aliphatic carboxylic acids is 1. The van der Waals surface area contributed by atoms with Gasteiger partial charge in [-0.3, -0.25) is 4.79 Å². The minimum Gasteiger partial charge on any atom is -0.480 e. The van der Waals surface area contributed by atoms with E-state index in [0.29, 0.717) is 13.2 Å². The largest absolute Gasteiger partial charge is 0.480 e. The summed E-state index contributed by atoms with van der Waals surface area (Å²) in [4.78, 5) is 22.3. The lowest BCUT2D eigenvalue weighted by molar-refractivity contribution is -0.149. The molecule has 1 saturated heterocycles. The molecule has 0 radical (unpaired) electrons. The van der Waals surface area contributed by atoms with Gasteiger partial charge in [0.2, 0.25) is 0 Å². The number of ether oxygens (including phenoxy) is 1. The number of carbonyl (C=O) groups is 2. The van der Waals surface area contributed by atoms with Gasteiger partial charge in [-0.2, -0.15) is 13.2 Å². The van der Waals surface area contributed by atoms with Crippen LogP contribution in [0.25, 0.3) is 0 Å². The summed E-state index contributed by atoms with van der Waals surface area (Å²) in [5, 5.41) is 10.9. The van der Waals surface area contributed by atoms with Gasteiger partial charge in [0.25, 0.3) is 0 Å². The van der Waals surface area contributed by atoms with E-state index in [9.17, 15) is 22.8 Å². The van der Waals surface area contributed by atoms with Gasteiger partial charge < -0.3 is 20.1 Å². The van der Waals surface area contributed by atoms with Crippen molar-refractivity contribution in [2.75, 3.05) is 32.8 Å². The predicted octanol–water partition coefficient (Wildman–Crippen LogP) is 1.07. The van der Waals surface area contributed by atoms with E-state index < -0.39 is 31.3 Å². The van der Waals surface area contributed by atoms with E-state index in [1.54, 1.807) is 0 Å². The minimum atomic E-state index is -4.64. The first-order valence-corrected chi connectivity index (χ1v) is 6.17. The van der Waals surface area contributed by atoms with E-state index in [1.165, 1.54) is 0 Å². The number of hydrogen-bond donors (Lipinski definition) is 2. The molecule has 0 aromatic rings. The van der Waals surface area contributed by atoms with E-state index in [1.807, 2.05) is 0 Å². The van der Waals surface area contributed by atoms with Crippen LogP contribution in [0.1, 0.15) is 12.8 Å². The summed E-state index contributed by atoms with van der Waals surface area (Å²) in [5.41, 5.74) is 0. The number of alkyl halides is 3. The molecule has 0 bridgehead atoms. The molecular formula is C11H17F3N2O4. The van der Waals surface area contributed by atoms with Crippen molar-refractivity contribution in [3.63, 3.8) is 0 Å². The summed E-state index contributed by atoms with van der Waals surface area (Å²) >= 11 is 0. The third kappa shape index (κ3) is 6.60. The van der Waals surface area contributed by atoms with Gasteiger partial charge in [0.05, 0.1) is 6.61 Å². The number of hydrogen-bond acceptors (Lipinski definition) is 3. The molecule has 0 aromatic carbocycles. The number of carboxylic acid groups (broad SMARTS) is 1. The molecule has 1 rings (SSSR count). The molecule has 9 heteroatoms. The summed E-state index contributed by atoms with van der Waals surface area (Å²) in [6, 6.07) is -1.03. The number of urea groups is 1. The quantitative estimate of drug-likeness (QED) is 0.796. The number of nitrogens with one attached hydrogen (secondary N) is 1. The van der Waals surface area contributed by atoms with E-state index in [-0.39, 0.29) is 17.4 Å². The molecule has 1 atom stereocenters. The normalized spacial score (nSPS) is 19.4. The highest BCUT2D eigenvalue weighted by Gasteiger charge is 2.34. The van der Waals surface area contributed by atoms with Gasteiger partial charge in [-0.05, 0) is 18.8 Å². The average molecular weight is 298 g/mol. The zero-order chi connectivity index (χ0) is 15.2. The Morgan fingerprint density at radius 1 is 1.40 bits per heavy atom. The predicted molar refractivity (Wildman–Crippen MR) is 62.2 cm³/mol. The molecule has 116 valence electrons. The molecular weight excluding hydrogens is 281 g/mol. The Hall–Kier alpha value is -1.51. The number of carbonyl (C=O) groups excluding carboxylic acids is 1. The molecule has 0 saturated carbocycles. The van der Waals surface area contributed by atoms with Gasteiger partial charge in [0, 0.05) is 13.2 Å². The first-order valence-electron chi connectivity index (χ1n) is 6.17. The van der Waals surface area contributed by atoms with E-state index in [4.69, 9.17) is 9.84 Å². The summed E-state index contributed by atoms with van der Waals surface area (Å²) in [7, 11) is 0. The first kappa shape index (κ1) is 16.5. The SMILES string of the molecule is O=C(O)CN(CC(F)(F)F)C(=O)NCC1CCCOC1. The molecule has 2 amide bonds. The van der Waals surface area contributed by atoms with Gasteiger partial charge in [-0.25, -0.2) is 4.79 Å². The Morgan fingerprint density at radius 3 is 2.60 bits per heavy atom. The van der Waals surface area contributed by atoms with Crippen molar-refractivity contribution in [3.05, 3.63) is 0 Å². The Balaban J connectivity index is 2.47. The summed E-state index contributed by atoms with van der Waals surface area (Å²) in [6.07, 6.45) is -2.98. The van der Waals surface area contributed by atoms with Crippen LogP contribution >= 0.6 is 0 Å². The van der Waals surface area contributed by atoms with Gasteiger partial charge in [-0.15, -0.1) is 0 Å². The van der Waals surface area contributed by atoms with E-state index in [0.717, 1.165) is 12.8 Å². The molecule has 6 nitrogen and oxygen atoms in total. The maximum absolute atomic E-state index is 12.3. The zero-order valence-corrected chi connectivity index (χ0v) is 10.8. The van der Waals surface area contributed by atoms with Gasteiger partial charge in [-0.1, -0.05) is 0 Å². The molecule has 0 aromatic heterocycles. The standard InChI is InChI=1S/C11H17F3N2O4/c12-11(13,14)7-16(5-9(17)18)10(19)15-4-8-2-1-3-20-6-8/h8H,1-7H2,(H,15,19)(H,17,18). The van der Waals surface area contributed by atoms with Crippen LogP contribution in [0.5, 0.6) is 0 Å². The highest BCUT2D eigenvalue weighted by Crippen LogP contribution is 2.17. The molecule has 2 N–H and O–H groups in total. The van der Waals surface area contributed by atoms with Crippen molar-refractivity contribution in [3.8, 4) is 0 Å². The van der Waals surface area contributed by atoms with Crippen molar-refractivity contribution in [1.29, 1.82) is 0 Å². The van der Waals surface area contributed by atoms with Crippen LogP contribution in [0.2, 0.25) is 0 Å². The lowest BCUT2D eigenvalue weighted by atomic mass is 10.0. The Morgan fingerprint density at radius 2 is 2.10 bits per heavy atom. The van der Waals surface area contributed by atoms with E-state index >= 15 is 0 Å². The van der Waals surface area contributed by atoms with Crippen molar-refractivity contribution in [1.82, 2.24) is 10.2 Å². The summed E-state index contributed by atoms with van der Waals surface area (Å²) in [5.74, 6) is -1.45. The molecule has 1 heterocycles.